The lowest BCUT2D eigenvalue weighted by Gasteiger charge is -2.08. The van der Waals surface area contributed by atoms with Gasteiger partial charge < -0.3 is 0 Å². The average Bonchev–Trinajstić information content (AvgIpc) is 3.09. The Bertz CT molecular complexity index is 461. The first-order chi connectivity index (χ1) is 13.7. The molecule has 0 N–H and O–H groups in total. The topological polar surface area (TPSA) is 8.81 Å². The van der Waals surface area contributed by atoms with E-state index in [-0.39, 0.29) is 0 Å². The summed E-state index contributed by atoms with van der Waals surface area (Å²) in [5.41, 5.74) is 0. The van der Waals surface area contributed by atoms with Crippen LogP contribution in [0.5, 0.6) is 0 Å². The van der Waals surface area contributed by atoms with E-state index >= 15 is 0 Å². The van der Waals surface area contributed by atoms with E-state index in [0.29, 0.717) is 6.04 Å². The van der Waals surface area contributed by atoms with E-state index in [1.165, 1.54) is 116 Å². The minimum Gasteiger partial charge on any atom is -0.234 e. The largest absolute Gasteiger partial charge is 0.256 e. The van der Waals surface area contributed by atoms with Gasteiger partial charge in [-0.15, -0.1) is 0 Å². The highest BCUT2D eigenvalue weighted by Gasteiger charge is 2.18. The van der Waals surface area contributed by atoms with Crippen molar-refractivity contribution in [1.29, 1.82) is 0 Å². The maximum absolute atomic E-state index is 2.51. The summed E-state index contributed by atoms with van der Waals surface area (Å²) >= 11 is 0. The highest BCUT2D eigenvalue weighted by Crippen LogP contribution is 2.15. The average molecular weight is 392 g/mol. The summed E-state index contributed by atoms with van der Waals surface area (Å²) in [6.45, 7) is 10.4. The number of aromatic nitrogens is 2. The summed E-state index contributed by atoms with van der Waals surface area (Å²) in [7, 11) is 0. The highest BCUT2D eigenvalue weighted by molar-refractivity contribution is 4.86. The van der Waals surface area contributed by atoms with Gasteiger partial charge in [-0.1, -0.05) is 104 Å². The molecule has 0 aromatic carbocycles. The Morgan fingerprint density at radius 2 is 1.14 bits per heavy atom. The Balaban J connectivity index is 2.05. The number of nitrogens with zero attached hydrogens (tertiary/aromatic N) is 2. The molecule has 0 aliphatic heterocycles. The van der Waals surface area contributed by atoms with Crippen LogP contribution in [0.1, 0.15) is 142 Å². The number of imidazole rings is 1. The summed E-state index contributed by atoms with van der Waals surface area (Å²) in [5.74, 6) is 1.54. The Labute approximate surface area is 177 Å². The van der Waals surface area contributed by atoms with Crippen molar-refractivity contribution >= 4 is 0 Å². The van der Waals surface area contributed by atoms with Crippen molar-refractivity contribution in [1.82, 2.24) is 4.57 Å². The number of hydrogen-bond donors (Lipinski definition) is 0. The quantitative estimate of drug-likeness (QED) is 0.166. The molecule has 0 radical (unpaired) electrons. The molecule has 164 valence electrons. The number of hydrogen-bond acceptors (Lipinski definition) is 0. The molecule has 0 saturated carbocycles. The predicted octanol–water partition coefficient (Wildman–Crippen LogP) is 8.18. The maximum atomic E-state index is 2.51. The lowest BCUT2D eigenvalue weighted by molar-refractivity contribution is -0.704. The van der Waals surface area contributed by atoms with Gasteiger partial charge in [0.05, 0.1) is 12.6 Å². The lowest BCUT2D eigenvalue weighted by atomic mass is 10.0. The Kier molecular flexibility index (Phi) is 15.4. The van der Waals surface area contributed by atoms with Crippen molar-refractivity contribution in [3.63, 3.8) is 0 Å². The molecule has 0 unspecified atom stereocenters. The molecule has 28 heavy (non-hydrogen) atoms. The molecule has 0 saturated heterocycles. The Hall–Kier alpha value is -0.790. The molecule has 2 heteroatoms. The third-order valence-corrected chi connectivity index (χ3v) is 6.10. The Morgan fingerprint density at radius 3 is 1.61 bits per heavy atom. The molecule has 1 rings (SSSR count). The minimum atomic E-state index is 0.574. The van der Waals surface area contributed by atoms with E-state index in [4.69, 9.17) is 0 Å². The van der Waals surface area contributed by atoms with Gasteiger partial charge >= 0.3 is 0 Å². The van der Waals surface area contributed by atoms with Gasteiger partial charge in [-0.05, 0) is 26.7 Å². The number of aryl methyl sites for hydroxylation is 1. The Morgan fingerprint density at radius 1 is 0.679 bits per heavy atom. The van der Waals surface area contributed by atoms with E-state index in [2.05, 4.69) is 49.2 Å². The van der Waals surface area contributed by atoms with Gasteiger partial charge in [0.15, 0.2) is 0 Å². The first-order valence-corrected chi connectivity index (χ1v) is 12.8. The van der Waals surface area contributed by atoms with Gasteiger partial charge in [0.25, 0.3) is 5.82 Å². The number of unbranched alkanes of at least 4 members (excludes halogenated alkanes) is 14. The predicted molar refractivity (Wildman–Crippen MR) is 124 cm³/mol. The molecule has 0 spiro atoms. The first kappa shape index (κ1) is 25.2. The van der Waals surface area contributed by atoms with Crippen molar-refractivity contribution in [2.24, 2.45) is 0 Å². The van der Waals surface area contributed by atoms with E-state index in [9.17, 15) is 0 Å². The van der Waals surface area contributed by atoms with Crippen LogP contribution in [-0.4, -0.2) is 4.57 Å². The van der Waals surface area contributed by atoms with Crippen LogP contribution in [0.2, 0.25) is 0 Å². The highest BCUT2D eigenvalue weighted by atomic mass is 15.2. The van der Waals surface area contributed by atoms with Crippen LogP contribution in [0.3, 0.4) is 0 Å². The summed E-state index contributed by atoms with van der Waals surface area (Å²) in [6.07, 6.45) is 28.5. The second-order valence-corrected chi connectivity index (χ2v) is 9.11. The molecular formula is C26H51N2+. The van der Waals surface area contributed by atoms with E-state index in [1.54, 1.807) is 5.82 Å². The van der Waals surface area contributed by atoms with Crippen LogP contribution in [-0.2, 0) is 13.0 Å². The zero-order chi connectivity index (χ0) is 20.5. The molecule has 1 aromatic rings. The summed E-state index contributed by atoms with van der Waals surface area (Å²) < 4.78 is 4.99. The van der Waals surface area contributed by atoms with Gasteiger partial charge in [-0.25, -0.2) is 9.13 Å². The zero-order valence-corrected chi connectivity index (χ0v) is 19.9. The van der Waals surface area contributed by atoms with Crippen molar-refractivity contribution in [2.45, 2.75) is 149 Å². The molecule has 0 aliphatic carbocycles. The summed E-state index contributed by atoms with van der Waals surface area (Å²) in [4.78, 5) is 0. The number of rotatable bonds is 19. The monoisotopic (exact) mass is 391 g/mol. The molecule has 0 aliphatic rings. The first-order valence-electron chi connectivity index (χ1n) is 12.8. The van der Waals surface area contributed by atoms with E-state index in [0.717, 1.165) is 0 Å². The molecule has 1 aromatic heterocycles. The van der Waals surface area contributed by atoms with Crippen molar-refractivity contribution in [2.75, 3.05) is 0 Å². The standard InChI is InChI=1S/C26H51N2/c1-5-7-9-10-11-12-13-14-15-16-17-18-19-20-21-26-27(22-8-6-2)23-24-28(26)25(3)4/h23-25H,5-22H2,1-4H3/q+1. The van der Waals surface area contributed by atoms with Crippen LogP contribution < -0.4 is 4.57 Å². The van der Waals surface area contributed by atoms with Crippen LogP contribution in [0.4, 0.5) is 0 Å². The minimum absolute atomic E-state index is 0.574. The SMILES string of the molecule is CCCCCCCCCCCCCCCCc1n(C(C)C)cc[n+]1CCCC. The third-order valence-electron chi connectivity index (χ3n) is 6.10. The van der Waals surface area contributed by atoms with Gasteiger partial charge in [0.1, 0.15) is 12.4 Å². The van der Waals surface area contributed by atoms with Gasteiger partial charge in [-0.3, -0.25) is 0 Å². The van der Waals surface area contributed by atoms with Crippen molar-refractivity contribution in [3.8, 4) is 0 Å². The summed E-state index contributed by atoms with van der Waals surface area (Å²) in [6, 6.07) is 0.574. The van der Waals surface area contributed by atoms with E-state index < -0.39 is 0 Å². The fourth-order valence-electron chi connectivity index (χ4n) is 4.23. The third kappa shape index (κ3) is 11.3. The van der Waals surface area contributed by atoms with Crippen molar-refractivity contribution in [3.05, 3.63) is 18.2 Å². The molecular weight excluding hydrogens is 340 g/mol. The second-order valence-electron chi connectivity index (χ2n) is 9.11. The molecule has 2 nitrogen and oxygen atoms in total. The van der Waals surface area contributed by atoms with Crippen LogP contribution >= 0.6 is 0 Å². The molecule has 0 amide bonds. The lowest BCUT2D eigenvalue weighted by Crippen LogP contribution is -2.37. The van der Waals surface area contributed by atoms with Crippen molar-refractivity contribution < 1.29 is 4.57 Å². The fraction of sp³-hybridized carbons (Fsp3) is 0.885. The maximum Gasteiger partial charge on any atom is 0.256 e. The van der Waals surface area contributed by atoms with Gasteiger partial charge in [0.2, 0.25) is 0 Å². The fourth-order valence-corrected chi connectivity index (χ4v) is 4.23. The van der Waals surface area contributed by atoms with Gasteiger partial charge in [-0.2, -0.15) is 0 Å². The molecule has 0 fully saturated rings. The van der Waals surface area contributed by atoms with Gasteiger partial charge in [0, 0.05) is 6.42 Å². The summed E-state index contributed by atoms with van der Waals surface area (Å²) in [5, 5.41) is 0. The normalized spacial score (nSPS) is 11.6. The second kappa shape index (κ2) is 17.1. The zero-order valence-electron chi connectivity index (χ0n) is 19.9. The van der Waals surface area contributed by atoms with Crippen LogP contribution in [0, 0.1) is 0 Å². The smallest absolute Gasteiger partial charge is 0.234 e. The molecule has 0 atom stereocenters. The van der Waals surface area contributed by atoms with E-state index in [1.807, 2.05) is 0 Å². The molecule has 0 bridgehead atoms. The van der Waals surface area contributed by atoms with Crippen LogP contribution in [0.15, 0.2) is 12.4 Å². The van der Waals surface area contributed by atoms with Crippen LogP contribution in [0.25, 0.3) is 0 Å². The molecule has 1 heterocycles.